The number of halogens is 1. The highest BCUT2D eigenvalue weighted by molar-refractivity contribution is 9.10. The van der Waals surface area contributed by atoms with Gasteiger partial charge in [0.25, 0.3) is 0 Å². The number of nitrogens with one attached hydrogen (secondary N) is 1. The molecule has 1 nitrogen and oxygen atoms in total. The molecule has 1 aromatic carbocycles. The van der Waals surface area contributed by atoms with Crippen LogP contribution in [0.1, 0.15) is 51.5 Å². The zero-order valence-corrected chi connectivity index (χ0v) is 14.5. The van der Waals surface area contributed by atoms with Gasteiger partial charge in [0.2, 0.25) is 0 Å². The lowest BCUT2D eigenvalue weighted by Gasteiger charge is -2.37. The Bertz CT molecular complexity index is 404. The minimum Gasteiger partial charge on any atom is -0.314 e. The summed E-state index contributed by atoms with van der Waals surface area (Å²) in [6.07, 6.45) is 7.93. The molecule has 20 heavy (non-hydrogen) atoms. The zero-order chi connectivity index (χ0) is 14.4. The fourth-order valence-corrected chi connectivity index (χ4v) is 3.95. The Morgan fingerprint density at radius 3 is 2.70 bits per heavy atom. The van der Waals surface area contributed by atoms with Gasteiger partial charge in [-0.3, -0.25) is 0 Å². The molecule has 1 aliphatic rings. The maximum absolute atomic E-state index is 3.79. The van der Waals surface area contributed by atoms with Gasteiger partial charge < -0.3 is 5.32 Å². The van der Waals surface area contributed by atoms with E-state index in [4.69, 9.17) is 0 Å². The molecule has 112 valence electrons. The molecule has 2 heteroatoms. The van der Waals surface area contributed by atoms with Gasteiger partial charge in [-0.2, -0.15) is 0 Å². The third-order valence-electron chi connectivity index (χ3n) is 4.76. The second kappa shape index (κ2) is 8.19. The van der Waals surface area contributed by atoms with E-state index in [1.165, 1.54) is 48.6 Å². The van der Waals surface area contributed by atoms with E-state index < -0.39 is 0 Å². The monoisotopic (exact) mass is 337 g/mol. The topological polar surface area (TPSA) is 12.0 Å². The summed E-state index contributed by atoms with van der Waals surface area (Å²) < 4.78 is 1.27. The Morgan fingerprint density at radius 1 is 1.20 bits per heavy atom. The van der Waals surface area contributed by atoms with Crippen molar-refractivity contribution in [1.29, 1.82) is 0 Å². The van der Waals surface area contributed by atoms with Crippen molar-refractivity contribution in [3.8, 4) is 0 Å². The van der Waals surface area contributed by atoms with Crippen LogP contribution in [0.2, 0.25) is 0 Å². The molecule has 0 aliphatic heterocycles. The summed E-state index contributed by atoms with van der Waals surface area (Å²) in [5, 5.41) is 3.79. The van der Waals surface area contributed by atoms with Crippen LogP contribution in [0.4, 0.5) is 0 Å². The molecule has 0 amide bonds. The van der Waals surface area contributed by atoms with Crippen LogP contribution >= 0.6 is 15.9 Å². The average molecular weight is 338 g/mol. The predicted molar refractivity (Wildman–Crippen MR) is 91.0 cm³/mol. The Labute approximate surface area is 132 Å². The second-order valence-corrected chi connectivity index (χ2v) is 7.06. The molecule has 0 saturated heterocycles. The van der Waals surface area contributed by atoms with Crippen LogP contribution in [0.15, 0.2) is 28.7 Å². The summed E-state index contributed by atoms with van der Waals surface area (Å²) in [5.41, 5.74) is 1.47. The SMILES string of the molecule is CCCNC1CCC(CC)CC1Cc1ccccc1Br. The van der Waals surface area contributed by atoms with E-state index in [-0.39, 0.29) is 0 Å². The van der Waals surface area contributed by atoms with E-state index in [0.29, 0.717) is 6.04 Å². The van der Waals surface area contributed by atoms with E-state index in [1.807, 2.05) is 0 Å². The van der Waals surface area contributed by atoms with Gasteiger partial charge >= 0.3 is 0 Å². The lowest BCUT2D eigenvalue weighted by atomic mass is 9.74. The van der Waals surface area contributed by atoms with Crippen molar-refractivity contribution >= 4 is 15.9 Å². The minimum atomic E-state index is 0.713. The Balaban J connectivity index is 2.04. The zero-order valence-electron chi connectivity index (χ0n) is 12.9. The third kappa shape index (κ3) is 4.33. The molecule has 1 fully saturated rings. The smallest absolute Gasteiger partial charge is 0.0207 e. The number of hydrogen-bond acceptors (Lipinski definition) is 1. The van der Waals surface area contributed by atoms with Crippen molar-refractivity contribution < 1.29 is 0 Å². The molecular weight excluding hydrogens is 310 g/mol. The van der Waals surface area contributed by atoms with E-state index in [2.05, 4.69) is 59.4 Å². The van der Waals surface area contributed by atoms with Crippen LogP contribution in [0.3, 0.4) is 0 Å². The van der Waals surface area contributed by atoms with Crippen molar-refractivity contribution in [3.63, 3.8) is 0 Å². The van der Waals surface area contributed by atoms with Gasteiger partial charge in [0.05, 0.1) is 0 Å². The Hall–Kier alpha value is -0.340. The van der Waals surface area contributed by atoms with E-state index in [1.54, 1.807) is 0 Å². The van der Waals surface area contributed by atoms with Crippen LogP contribution in [-0.4, -0.2) is 12.6 Å². The van der Waals surface area contributed by atoms with Crippen molar-refractivity contribution in [2.24, 2.45) is 11.8 Å². The van der Waals surface area contributed by atoms with Gasteiger partial charge in [0, 0.05) is 10.5 Å². The highest BCUT2D eigenvalue weighted by atomic mass is 79.9. The number of hydrogen-bond donors (Lipinski definition) is 1. The fraction of sp³-hybridized carbons (Fsp3) is 0.667. The molecular formula is C18H28BrN. The molecule has 1 saturated carbocycles. The first-order valence-corrected chi connectivity index (χ1v) is 9.00. The predicted octanol–water partition coefficient (Wildman–Crippen LogP) is 5.19. The van der Waals surface area contributed by atoms with Crippen molar-refractivity contribution in [3.05, 3.63) is 34.3 Å². The molecule has 1 aromatic rings. The molecule has 0 spiro atoms. The van der Waals surface area contributed by atoms with Crippen molar-refractivity contribution in [1.82, 2.24) is 5.32 Å². The van der Waals surface area contributed by atoms with Crippen LogP contribution in [-0.2, 0) is 6.42 Å². The maximum Gasteiger partial charge on any atom is 0.0207 e. The molecule has 3 unspecified atom stereocenters. The number of benzene rings is 1. The average Bonchev–Trinajstić information content (AvgIpc) is 2.48. The lowest BCUT2D eigenvalue weighted by Crippen LogP contribution is -2.42. The van der Waals surface area contributed by atoms with Crippen molar-refractivity contribution in [2.45, 2.75) is 58.4 Å². The molecule has 0 radical (unpaired) electrons. The van der Waals surface area contributed by atoms with Gasteiger partial charge in [-0.1, -0.05) is 54.4 Å². The molecule has 1 aliphatic carbocycles. The van der Waals surface area contributed by atoms with Crippen molar-refractivity contribution in [2.75, 3.05) is 6.54 Å². The largest absolute Gasteiger partial charge is 0.314 e. The normalized spacial score (nSPS) is 26.6. The maximum atomic E-state index is 3.79. The van der Waals surface area contributed by atoms with Crippen LogP contribution in [0.25, 0.3) is 0 Å². The Kier molecular flexibility index (Phi) is 6.57. The molecule has 0 aromatic heterocycles. The van der Waals surface area contributed by atoms with Gasteiger partial charge in [-0.25, -0.2) is 0 Å². The second-order valence-electron chi connectivity index (χ2n) is 6.20. The van der Waals surface area contributed by atoms with Gasteiger partial charge in [-0.15, -0.1) is 0 Å². The summed E-state index contributed by atoms with van der Waals surface area (Å²) in [5.74, 6) is 1.72. The van der Waals surface area contributed by atoms with E-state index in [0.717, 1.165) is 18.4 Å². The van der Waals surface area contributed by atoms with Crippen LogP contribution in [0.5, 0.6) is 0 Å². The lowest BCUT2D eigenvalue weighted by molar-refractivity contribution is 0.198. The first-order chi connectivity index (χ1) is 9.74. The quantitative estimate of drug-likeness (QED) is 0.753. The van der Waals surface area contributed by atoms with E-state index >= 15 is 0 Å². The highest BCUT2D eigenvalue weighted by Crippen LogP contribution is 2.34. The first-order valence-electron chi connectivity index (χ1n) is 8.21. The standard InChI is InChI=1S/C18H28BrN/c1-3-11-20-18-10-9-14(4-2)12-16(18)13-15-7-5-6-8-17(15)19/h5-8,14,16,18,20H,3-4,9-13H2,1-2H3. The van der Waals surface area contributed by atoms with E-state index in [9.17, 15) is 0 Å². The van der Waals surface area contributed by atoms with Gasteiger partial charge in [0.1, 0.15) is 0 Å². The summed E-state index contributed by atoms with van der Waals surface area (Å²) in [6, 6.07) is 9.43. The molecule has 0 bridgehead atoms. The van der Waals surface area contributed by atoms with Crippen LogP contribution < -0.4 is 5.32 Å². The third-order valence-corrected chi connectivity index (χ3v) is 5.54. The van der Waals surface area contributed by atoms with Crippen LogP contribution in [0, 0.1) is 11.8 Å². The van der Waals surface area contributed by atoms with Gasteiger partial charge in [-0.05, 0) is 62.1 Å². The fourth-order valence-electron chi connectivity index (χ4n) is 3.50. The summed E-state index contributed by atoms with van der Waals surface area (Å²) in [6.45, 7) is 5.77. The first kappa shape index (κ1) is 16.0. The Morgan fingerprint density at radius 2 is 2.00 bits per heavy atom. The summed E-state index contributed by atoms with van der Waals surface area (Å²) in [7, 11) is 0. The van der Waals surface area contributed by atoms with Gasteiger partial charge in [0.15, 0.2) is 0 Å². The minimum absolute atomic E-state index is 0.713. The molecule has 1 N–H and O–H groups in total. The molecule has 0 heterocycles. The highest BCUT2D eigenvalue weighted by Gasteiger charge is 2.29. The molecule has 2 rings (SSSR count). The summed E-state index contributed by atoms with van der Waals surface area (Å²) >= 11 is 3.71. The molecule has 3 atom stereocenters. The number of rotatable bonds is 6. The summed E-state index contributed by atoms with van der Waals surface area (Å²) in [4.78, 5) is 0.